The van der Waals surface area contributed by atoms with Gasteiger partial charge in [-0.3, -0.25) is 4.79 Å². The minimum atomic E-state index is -0.0308. The Bertz CT molecular complexity index is 412. The number of rotatable bonds is 2. The van der Waals surface area contributed by atoms with Crippen LogP contribution in [0.4, 0.5) is 0 Å². The van der Waals surface area contributed by atoms with Gasteiger partial charge in [0, 0.05) is 24.8 Å². The van der Waals surface area contributed by atoms with Crippen molar-refractivity contribution in [1.29, 1.82) is 0 Å². The highest BCUT2D eigenvalue weighted by Crippen LogP contribution is 2.24. The van der Waals surface area contributed by atoms with Crippen molar-refractivity contribution in [2.45, 2.75) is 33.7 Å². The molecule has 0 N–H and O–H groups in total. The fourth-order valence-electron chi connectivity index (χ4n) is 1.50. The molecular formula is C13H19ClN2O. The Balaban J connectivity index is 2.91. The van der Waals surface area contributed by atoms with Crippen LogP contribution in [0.5, 0.6) is 0 Å². The Hall–Kier alpha value is -1.09. The van der Waals surface area contributed by atoms with E-state index >= 15 is 0 Å². The SMILES string of the molecule is CC(N(C)C(=O)c1ccnc(Cl)c1)C(C)(C)C. The average molecular weight is 255 g/mol. The molecule has 0 aliphatic heterocycles. The third-order valence-electron chi connectivity index (χ3n) is 3.13. The fraction of sp³-hybridized carbons (Fsp3) is 0.538. The third-order valence-corrected chi connectivity index (χ3v) is 3.33. The van der Waals surface area contributed by atoms with Crippen LogP contribution in [-0.4, -0.2) is 28.9 Å². The maximum atomic E-state index is 12.2. The van der Waals surface area contributed by atoms with Crippen LogP contribution in [0.15, 0.2) is 18.3 Å². The summed E-state index contributed by atoms with van der Waals surface area (Å²) in [5, 5.41) is 0.340. The van der Waals surface area contributed by atoms with Crippen molar-refractivity contribution in [3.8, 4) is 0 Å². The van der Waals surface area contributed by atoms with Gasteiger partial charge in [0.2, 0.25) is 0 Å². The van der Waals surface area contributed by atoms with Crippen LogP contribution in [0.2, 0.25) is 5.15 Å². The number of pyridine rings is 1. The molecule has 0 aliphatic carbocycles. The van der Waals surface area contributed by atoms with Gasteiger partial charge in [0.15, 0.2) is 0 Å². The summed E-state index contributed by atoms with van der Waals surface area (Å²) in [5.41, 5.74) is 0.616. The Morgan fingerprint density at radius 2 is 2.06 bits per heavy atom. The van der Waals surface area contributed by atoms with Crippen LogP contribution in [0.3, 0.4) is 0 Å². The second kappa shape index (κ2) is 5.05. The molecule has 1 atom stereocenters. The highest BCUT2D eigenvalue weighted by atomic mass is 35.5. The van der Waals surface area contributed by atoms with Gasteiger partial charge in [0.1, 0.15) is 5.15 Å². The van der Waals surface area contributed by atoms with Crippen molar-refractivity contribution in [2.75, 3.05) is 7.05 Å². The van der Waals surface area contributed by atoms with Crippen LogP contribution in [-0.2, 0) is 0 Å². The van der Waals surface area contributed by atoms with Crippen molar-refractivity contribution in [1.82, 2.24) is 9.88 Å². The Kier molecular flexibility index (Phi) is 4.15. The molecule has 0 aromatic carbocycles. The van der Waals surface area contributed by atoms with Crippen LogP contribution in [0.1, 0.15) is 38.1 Å². The van der Waals surface area contributed by atoms with Gasteiger partial charge in [-0.25, -0.2) is 4.98 Å². The number of amides is 1. The van der Waals surface area contributed by atoms with E-state index in [-0.39, 0.29) is 17.4 Å². The number of aromatic nitrogens is 1. The second-order valence-corrected chi connectivity index (χ2v) is 5.71. The monoisotopic (exact) mass is 254 g/mol. The summed E-state index contributed by atoms with van der Waals surface area (Å²) in [7, 11) is 1.81. The standard InChI is InChI=1S/C13H19ClN2O/c1-9(13(2,3)4)16(5)12(17)10-6-7-15-11(14)8-10/h6-9H,1-5H3. The van der Waals surface area contributed by atoms with Gasteiger partial charge < -0.3 is 4.90 Å². The van der Waals surface area contributed by atoms with Crippen LogP contribution in [0.25, 0.3) is 0 Å². The van der Waals surface area contributed by atoms with E-state index in [0.717, 1.165) is 0 Å². The molecule has 0 bridgehead atoms. The first kappa shape index (κ1) is 14.0. The van der Waals surface area contributed by atoms with Gasteiger partial charge in [0.25, 0.3) is 5.91 Å². The molecule has 17 heavy (non-hydrogen) atoms. The van der Waals surface area contributed by atoms with E-state index in [2.05, 4.69) is 25.8 Å². The van der Waals surface area contributed by atoms with Gasteiger partial charge >= 0.3 is 0 Å². The Labute approximate surface area is 108 Å². The van der Waals surface area contributed by atoms with Crippen molar-refractivity contribution in [3.05, 3.63) is 29.0 Å². The smallest absolute Gasteiger partial charge is 0.254 e. The van der Waals surface area contributed by atoms with Crippen LogP contribution < -0.4 is 0 Å². The van der Waals surface area contributed by atoms with E-state index in [4.69, 9.17) is 11.6 Å². The van der Waals surface area contributed by atoms with E-state index in [1.165, 1.54) is 0 Å². The lowest BCUT2D eigenvalue weighted by Crippen LogP contribution is -2.42. The maximum absolute atomic E-state index is 12.2. The second-order valence-electron chi connectivity index (χ2n) is 5.33. The maximum Gasteiger partial charge on any atom is 0.254 e. The lowest BCUT2D eigenvalue weighted by atomic mass is 9.87. The molecule has 1 aromatic heterocycles. The zero-order chi connectivity index (χ0) is 13.2. The zero-order valence-electron chi connectivity index (χ0n) is 11.0. The van der Waals surface area contributed by atoms with Gasteiger partial charge in [-0.15, -0.1) is 0 Å². The predicted octanol–water partition coefficient (Wildman–Crippen LogP) is 3.24. The minimum Gasteiger partial charge on any atom is -0.338 e. The van der Waals surface area contributed by atoms with Crippen molar-refractivity contribution in [3.63, 3.8) is 0 Å². The summed E-state index contributed by atoms with van der Waals surface area (Å²) in [4.78, 5) is 17.8. The molecule has 0 saturated carbocycles. The molecule has 1 rings (SSSR count). The molecule has 4 heteroatoms. The molecule has 0 aliphatic rings. The summed E-state index contributed by atoms with van der Waals surface area (Å²) in [6.07, 6.45) is 1.55. The molecule has 0 saturated heterocycles. The summed E-state index contributed by atoms with van der Waals surface area (Å²) in [6.45, 7) is 8.38. The van der Waals surface area contributed by atoms with Crippen molar-refractivity contribution < 1.29 is 4.79 Å². The van der Waals surface area contributed by atoms with Crippen molar-refractivity contribution in [2.24, 2.45) is 5.41 Å². The van der Waals surface area contributed by atoms with Crippen LogP contribution in [0, 0.1) is 5.41 Å². The summed E-state index contributed by atoms with van der Waals surface area (Å²) < 4.78 is 0. The van der Waals surface area contributed by atoms with Gasteiger partial charge in [-0.1, -0.05) is 32.4 Å². The number of halogens is 1. The molecule has 0 fully saturated rings. The molecule has 1 unspecified atom stereocenters. The molecule has 0 radical (unpaired) electrons. The lowest BCUT2D eigenvalue weighted by molar-refractivity contribution is 0.0629. The van der Waals surface area contributed by atoms with E-state index in [1.54, 1.807) is 23.2 Å². The molecular weight excluding hydrogens is 236 g/mol. The average Bonchev–Trinajstić information content (AvgIpc) is 2.25. The molecule has 1 amide bonds. The van der Waals surface area contributed by atoms with Gasteiger partial charge in [0.05, 0.1) is 0 Å². The number of carbonyl (C=O) groups is 1. The number of carbonyl (C=O) groups excluding carboxylic acids is 1. The quantitative estimate of drug-likeness (QED) is 0.759. The normalized spacial score (nSPS) is 13.3. The number of hydrogen-bond acceptors (Lipinski definition) is 2. The van der Waals surface area contributed by atoms with Crippen molar-refractivity contribution >= 4 is 17.5 Å². The number of hydrogen-bond donors (Lipinski definition) is 0. The summed E-state index contributed by atoms with van der Waals surface area (Å²) in [6, 6.07) is 3.41. The lowest BCUT2D eigenvalue weighted by Gasteiger charge is -2.35. The molecule has 1 aromatic rings. The molecule has 94 valence electrons. The molecule has 0 spiro atoms. The van der Waals surface area contributed by atoms with Gasteiger partial charge in [-0.2, -0.15) is 0 Å². The zero-order valence-corrected chi connectivity index (χ0v) is 11.7. The Morgan fingerprint density at radius 1 is 1.47 bits per heavy atom. The third kappa shape index (κ3) is 3.43. The predicted molar refractivity (Wildman–Crippen MR) is 70.3 cm³/mol. The summed E-state index contributed by atoms with van der Waals surface area (Å²) >= 11 is 5.78. The molecule has 3 nitrogen and oxygen atoms in total. The van der Waals surface area contributed by atoms with E-state index in [1.807, 2.05) is 14.0 Å². The topological polar surface area (TPSA) is 33.2 Å². The first-order valence-corrected chi connectivity index (χ1v) is 6.00. The fourth-order valence-corrected chi connectivity index (χ4v) is 1.67. The van der Waals surface area contributed by atoms with Crippen LogP contribution >= 0.6 is 11.6 Å². The van der Waals surface area contributed by atoms with Gasteiger partial charge in [-0.05, 0) is 24.5 Å². The van der Waals surface area contributed by atoms with E-state index in [0.29, 0.717) is 10.7 Å². The molecule has 1 heterocycles. The Morgan fingerprint density at radius 3 is 2.53 bits per heavy atom. The number of nitrogens with zero attached hydrogens (tertiary/aromatic N) is 2. The summed E-state index contributed by atoms with van der Waals surface area (Å²) in [5.74, 6) is -0.0308. The largest absolute Gasteiger partial charge is 0.338 e. The van der Waals surface area contributed by atoms with E-state index in [9.17, 15) is 4.79 Å². The minimum absolute atomic E-state index is 0.0308. The highest BCUT2D eigenvalue weighted by Gasteiger charge is 2.27. The highest BCUT2D eigenvalue weighted by molar-refractivity contribution is 6.29. The van der Waals surface area contributed by atoms with E-state index < -0.39 is 0 Å². The first-order valence-electron chi connectivity index (χ1n) is 5.62. The first-order chi connectivity index (χ1) is 7.73.